The molecular formula is C13H16F3NO3S. The maximum Gasteiger partial charge on any atom is 0.573 e. The van der Waals surface area contributed by atoms with Crippen LogP contribution in [-0.4, -0.2) is 31.7 Å². The highest BCUT2D eigenvalue weighted by molar-refractivity contribution is 7.89. The molecule has 0 aromatic heterocycles. The third-order valence-corrected chi connectivity index (χ3v) is 5.46. The first-order chi connectivity index (χ1) is 9.72. The predicted molar refractivity (Wildman–Crippen MR) is 70.3 cm³/mol. The van der Waals surface area contributed by atoms with Crippen molar-refractivity contribution in [2.75, 3.05) is 6.54 Å². The highest BCUT2D eigenvalue weighted by atomic mass is 32.2. The Morgan fingerprint density at radius 1 is 1.24 bits per heavy atom. The molecule has 21 heavy (non-hydrogen) atoms. The molecule has 1 aromatic carbocycles. The normalized spacial score (nSPS) is 21.2. The third-order valence-electron chi connectivity index (χ3n) is 3.40. The summed E-state index contributed by atoms with van der Waals surface area (Å²) < 4.78 is 67.4. The van der Waals surface area contributed by atoms with E-state index in [9.17, 15) is 21.6 Å². The van der Waals surface area contributed by atoms with Gasteiger partial charge in [-0.2, -0.15) is 4.31 Å². The van der Waals surface area contributed by atoms with Gasteiger partial charge in [0.1, 0.15) is 10.6 Å². The number of halogens is 3. The summed E-state index contributed by atoms with van der Waals surface area (Å²) in [4.78, 5) is -0.448. The highest BCUT2D eigenvalue weighted by Gasteiger charge is 2.37. The van der Waals surface area contributed by atoms with Crippen LogP contribution in [0, 0.1) is 0 Å². The molecule has 1 aromatic rings. The lowest BCUT2D eigenvalue weighted by molar-refractivity contribution is -0.275. The monoisotopic (exact) mass is 323 g/mol. The standard InChI is InChI=1S/C13H16F3NO3S/c1-10-6-4-5-9-17(10)21(18,19)12-8-3-2-7-11(12)20-13(14,15)16/h2-3,7-8,10H,4-6,9H2,1H3. The van der Waals surface area contributed by atoms with E-state index in [4.69, 9.17) is 0 Å². The first-order valence-corrected chi connectivity index (χ1v) is 8.02. The third kappa shape index (κ3) is 3.68. The maximum absolute atomic E-state index is 12.6. The van der Waals surface area contributed by atoms with Crippen LogP contribution >= 0.6 is 0 Å². The number of piperidine rings is 1. The second-order valence-electron chi connectivity index (χ2n) is 4.96. The summed E-state index contributed by atoms with van der Waals surface area (Å²) in [7, 11) is -4.01. The molecule has 2 rings (SSSR count). The second-order valence-corrected chi connectivity index (χ2v) is 6.81. The smallest absolute Gasteiger partial charge is 0.404 e. The van der Waals surface area contributed by atoms with E-state index < -0.39 is 27.0 Å². The molecule has 1 fully saturated rings. The summed E-state index contributed by atoms with van der Waals surface area (Å²) in [6.07, 6.45) is -2.62. The molecule has 0 spiro atoms. The molecule has 118 valence electrons. The number of alkyl halides is 3. The van der Waals surface area contributed by atoms with Gasteiger partial charge < -0.3 is 4.74 Å². The van der Waals surface area contributed by atoms with Crippen LogP contribution < -0.4 is 4.74 Å². The number of nitrogens with zero attached hydrogens (tertiary/aromatic N) is 1. The van der Waals surface area contributed by atoms with Gasteiger partial charge in [0.25, 0.3) is 0 Å². The first kappa shape index (κ1) is 16.1. The van der Waals surface area contributed by atoms with Crippen molar-refractivity contribution in [3.8, 4) is 5.75 Å². The van der Waals surface area contributed by atoms with Crippen LogP contribution in [0.15, 0.2) is 29.2 Å². The SMILES string of the molecule is CC1CCCCN1S(=O)(=O)c1ccccc1OC(F)(F)F. The molecule has 0 radical (unpaired) electrons. The van der Waals surface area contributed by atoms with E-state index in [1.54, 1.807) is 6.92 Å². The molecule has 1 aliphatic rings. The van der Waals surface area contributed by atoms with E-state index in [1.807, 2.05) is 0 Å². The van der Waals surface area contributed by atoms with Crippen LogP contribution in [0.4, 0.5) is 13.2 Å². The van der Waals surface area contributed by atoms with Gasteiger partial charge >= 0.3 is 6.36 Å². The van der Waals surface area contributed by atoms with Crippen molar-refractivity contribution in [3.05, 3.63) is 24.3 Å². The van der Waals surface area contributed by atoms with Gasteiger partial charge in [-0.1, -0.05) is 18.6 Å². The van der Waals surface area contributed by atoms with E-state index in [-0.39, 0.29) is 6.04 Å². The van der Waals surface area contributed by atoms with Gasteiger partial charge in [-0.3, -0.25) is 0 Å². The Labute approximate surface area is 121 Å². The van der Waals surface area contributed by atoms with Gasteiger partial charge in [0, 0.05) is 12.6 Å². The Hall–Kier alpha value is -1.28. The van der Waals surface area contributed by atoms with Crippen LogP contribution in [-0.2, 0) is 10.0 Å². The van der Waals surface area contributed by atoms with Gasteiger partial charge in [0.15, 0.2) is 0 Å². The van der Waals surface area contributed by atoms with Gasteiger partial charge in [-0.25, -0.2) is 8.42 Å². The molecule has 0 bridgehead atoms. The highest BCUT2D eigenvalue weighted by Crippen LogP contribution is 2.33. The summed E-state index contributed by atoms with van der Waals surface area (Å²) in [6.45, 7) is 2.06. The van der Waals surface area contributed by atoms with E-state index in [2.05, 4.69) is 4.74 Å². The molecule has 8 heteroatoms. The number of sulfonamides is 1. The first-order valence-electron chi connectivity index (χ1n) is 6.58. The van der Waals surface area contributed by atoms with E-state index >= 15 is 0 Å². The second kappa shape index (κ2) is 5.84. The molecule has 1 atom stereocenters. The minimum atomic E-state index is -4.93. The molecule has 1 heterocycles. The maximum atomic E-state index is 12.6. The van der Waals surface area contributed by atoms with Gasteiger partial charge in [0.2, 0.25) is 10.0 Å². The lowest BCUT2D eigenvalue weighted by Gasteiger charge is -2.32. The molecule has 1 unspecified atom stereocenters. The zero-order valence-electron chi connectivity index (χ0n) is 11.4. The average Bonchev–Trinajstić information content (AvgIpc) is 2.37. The van der Waals surface area contributed by atoms with E-state index in [0.717, 1.165) is 18.6 Å². The Balaban J connectivity index is 2.40. The van der Waals surface area contributed by atoms with Crippen molar-refractivity contribution in [1.29, 1.82) is 0 Å². The van der Waals surface area contributed by atoms with Gasteiger partial charge in [0.05, 0.1) is 0 Å². The van der Waals surface area contributed by atoms with Crippen molar-refractivity contribution < 1.29 is 26.3 Å². The zero-order valence-corrected chi connectivity index (χ0v) is 12.2. The average molecular weight is 323 g/mol. The Bertz CT molecular complexity index is 601. The van der Waals surface area contributed by atoms with Gasteiger partial charge in [-0.05, 0) is 31.9 Å². The number of benzene rings is 1. The number of ether oxygens (including phenoxy) is 1. The topological polar surface area (TPSA) is 46.6 Å². The van der Waals surface area contributed by atoms with Crippen LogP contribution in [0.3, 0.4) is 0 Å². The number of hydrogen-bond donors (Lipinski definition) is 0. The molecule has 0 amide bonds. The summed E-state index contributed by atoms with van der Waals surface area (Å²) in [5.41, 5.74) is 0. The summed E-state index contributed by atoms with van der Waals surface area (Å²) in [6, 6.07) is 4.60. The van der Waals surface area contributed by atoms with Crippen molar-refractivity contribution in [2.24, 2.45) is 0 Å². The van der Waals surface area contributed by atoms with Crippen molar-refractivity contribution >= 4 is 10.0 Å². The van der Waals surface area contributed by atoms with Gasteiger partial charge in [-0.15, -0.1) is 13.2 Å². The summed E-state index contributed by atoms with van der Waals surface area (Å²) in [5, 5.41) is 0. The minimum absolute atomic E-state index is 0.234. The number of para-hydroxylation sites is 1. The van der Waals surface area contributed by atoms with Crippen LogP contribution in [0.25, 0.3) is 0 Å². The summed E-state index contributed by atoms with van der Waals surface area (Å²) >= 11 is 0. The Kier molecular flexibility index (Phi) is 4.48. The largest absolute Gasteiger partial charge is 0.573 e. The van der Waals surface area contributed by atoms with Crippen LogP contribution in [0.1, 0.15) is 26.2 Å². The van der Waals surface area contributed by atoms with Crippen molar-refractivity contribution in [1.82, 2.24) is 4.31 Å². The lowest BCUT2D eigenvalue weighted by Crippen LogP contribution is -2.42. The molecule has 1 aliphatic heterocycles. The quantitative estimate of drug-likeness (QED) is 0.858. The molecule has 0 N–H and O–H groups in total. The molecule has 1 saturated heterocycles. The minimum Gasteiger partial charge on any atom is -0.404 e. The Morgan fingerprint density at radius 2 is 1.90 bits per heavy atom. The molecule has 0 saturated carbocycles. The summed E-state index contributed by atoms with van der Waals surface area (Å²) in [5.74, 6) is -0.692. The lowest BCUT2D eigenvalue weighted by atomic mass is 10.1. The fourth-order valence-electron chi connectivity index (χ4n) is 2.43. The van der Waals surface area contributed by atoms with Crippen molar-refractivity contribution in [3.63, 3.8) is 0 Å². The Morgan fingerprint density at radius 3 is 2.52 bits per heavy atom. The zero-order chi connectivity index (χ0) is 15.7. The van der Waals surface area contributed by atoms with Crippen LogP contribution in [0.5, 0.6) is 5.75 Å². The predicted octanol–water partition coefficient (Wildman–Crippen LogP) is 3.15. The molecule has 0 aliphatic carbocycles. The number of hydrogen-bond acceptors (Lipinski definition) is 3. The van der Waals surface area contributed by atoms with Crippen molar-refractivity contribution in [2.45, 2.75) is 43.5 Å². The van der Waals surface area contributed by atoms with E-state index in [1.165, 1.54) is 16.4 Å². The molecular weight excluding hydrogens is 307 g/mol. The fourth-order valence-corrected chi connectivity index (χ4v) is 4.24. The van der Waals surface area contributed by atoms with E-state index in [0.29, 0.717) is 19.4 Å². The number of rotatable bonds is 3. The fraction of sp³-hybridized carbons (Fsp3) is 0.538. The molecule has 4 nitrogen and oxygen atoms in total. The van der Waals surface area contributed by atoms with Crippen LogP contribution in [0.2, 0.25) is 0 Å².